The molecule has 1 atom stereocenters. The molecule has 1 amide bonds. The highest BCUT2D eigenvalue weighted by atomic mass is 16.6. The van der Waals surface area contributed by atoms with Crippen LogP contribution in [0.4, 0.5) is 0 Å². The van der Waals surface area contributed by atoms with E-state index in [1.807, 2.05) is 6.20 Å². The van der Waals surface area contributed by atoms with E-state index < -0.39 is 0 Å². The third-order valence-electron chi connectivity index (χ3n) is 2.22. The Morgan fingerprint density at radius 2 is 2.60 bits per heavy atom. The highest BCUT2D eigenvalue weighted by molar-refractivity contribution is 5.92. The number of nitrogens with one attached hydrogen (secondary N) is 1. The van der Waals surface area contributed by atoms with Gasteiger partial charge in [-0.25, -0.2) is 0 Å². The molecule has 1 aliphatic heterocycles. The molecule has 0 saturated carbocycles. The molecule has 1 fully saturated rings. The lowest BCUT2D eigenvalue weighted by molar-refractivity contribution is 0.0944. The van der Waals surface area contributed by atoms with Crippen molar-refractivity contribution in [1.29, 1.82) is 0 Å². The third-order valence-corrected chi connectivity index (χ3v) is 2.22. The van der Waals surface area contributed by atoms with Crippen molar-refractivity contribution in [2.75, 3.05) is 13.2 Å². The number of epoxide rings is 1. The van der Waals surface area contributed by atoms with Gasteiger partial charge in [0.15, 0.2) is 0 Å². The monoisotopic (exact) mass is 209 g/mol. The molecular weight excluding hydrogens is 194 g/mol. The van der Waals surface area contributed by atoms with Crippen LogP contribution in [-0.2, 0) is 11.3 Å². The Labute approximate surface area is 88.4 Å². The van der Waals surface area contributed by atoms with E-state index in [0.29, 0.717) is 12.2 Å². The van der Waals surface area contributed by atoms with Crippen molar-refractivity contribution in [3.63, 3.8) is 0 Å². The molecular formula is C10H15N3O2. The van der Waals surface area contributed by atoms with Gasteiger partial charge in [-0.1, -0.05) is 6.92 Å². The smallest absolute Gasteiger partial charge is 0.271 e. The summed E-state index contributed by atoms with van der Waals surface area (Å²) in [6, 6.07) is 1.73. The Bertz CT molecular complexity index is 344. The fraction of sp³-hybridized carbons (Fsp3) is 0.600. The molecule has 2 rings (SSSR count). The van der Waals surface area contributed by atoms with Crippen LogP contribution in [0, 0.1) is 0 Å². The molecule has 82 valence electrons. The minimum absolute atomic E-state index is 0.125. The summed E-state index contributed by atoms with van der Waals surface area (Å²) in [4.78, 5) is 11.6. The highest BCUT2D eigenvalue weighted by Gasteiger charge is 2.23. The van der Waals surface area contributed by atoms with Gasteiger partial charge < -0.3 is 10.1 Å². The lowest BCUT2D eigenvalue weighted by Crippen LogP contribution is -2.27. The van der Waals surface area contributed by atoms with Crippen LogP contribution in [0.2, 0.25) is 0 Å². The number of carbonyl (C=O) groups excluding carboxylic acids is 1. The molecule has 5 nitrogen and oxygen atoms in total. The van der Waals surface area contributed by atoms with E-state index in [4.69, 9.17) is 4.74 Å². The molecule has 15 heavy (non-hydrogen) atoms. The number of aryl methyl sites for hydroxylation is 1. The van der Waals surface area contributed by atoms with E-state index >= 15 is 0 Å². The molecule has 1 unspecified atom stereocenters. The topological polar surface area (TPSA) is 59.5 Å². The fourth-order valence-electron chi connectivity index (χ4n) is 1.32. The Kier molecular flexibility index (Phi) is 3.01. The fourth-order valence-corrected chi connectivity index (χ4v) is 1.32. The summed E-state index contributed by atoms with van der Waals surface area (Å²) in [5.74, 6) is -0.125. The molecule has 0 aromatic carbocycles. The van der Waals surface area contributed by atoms with Crippen molar-refractivity contribution in [2.24, 2.45) is 0 Å². The van der Waals surface area contributed by atoms with E-state index in [9.17, 15) is 4.79 Å². The Morgan fingerprint density at radius 1 is 1.80 bits per heavy atom. The molecule has 0 bridgehead atoms. The zero-order valence-electron chi connectivity index (χ0n) is 8.77. The van der Waals surface area contributed by atoms with Gasteiger partial charge in [0.25, 0.3) is 5.91 Å². The van der Waals surface area contributed by atoms with E-state index in [0.717, 1.165) is 19.6 Å². The molecule has 2 heterocycles. The summed E-state index contributed by atoms with van der Waals surface area (Å²) < 4.78 is 6.78. The van der Waals surface area contributed by atoms with Crippen LogP contribution in [-0.4, -0.2) is 34.9 Å². The summed E-state index contributed by atoms with van der Waals surface area (Å²) in [5, 5.41) is 6.94. The van der Waals surface area contributed by atoms with Crippen molar-refractivity contribution >= 4 is 5.91 Å². The maximum absolute atomic E-state index is 11.6. The summed E-state index contributed by atoms with van der Waals surface area (Å²) in [6.45, 7) is 4.26. The number of hydrogen-bond donors (Lipinski definition) is 1. The lowest BCUT2D eigenvalue weighted by atomic mass is 10.4. The minimum atomic E-state index is -0.125. The Morgan fingerprint density at radius 3 is 3.27 bits per heavy atom. The highest BCUT2D eigenvalue weighted by Crippen LogP contribution is 2.06. The molecule has 1 saturated heterocycles. The average Bonchev–Trinajstić information content (AvgIpc) is 2.94. The quantitative estimate of drug-likeness (QED) is 0.715. The van der Waals surface area contributed by atoms with Crippen LogP contribution in [0.5, 0.6) is 0 Å². The van der Waals surface area contributed by atoms with Crippen LogP contribution in [0.25, 0.3) is 0 Å². The second-order valence-electron chi connectivity index (χ2n) is 3.63. The minimum Gasteiger partial charge on any atom is -0.371 e. The third kappa shape index (κ3) is 2.79. The van der Waals surface area contributed by atoms with Crippen molar-refractivity contribution in [1.82, 2.24) is 15.1 Å². The first-order valence-electron chi connectivity index (χ1n) is 5.23. The summed E-state index contributed by atoms with van der Waals surface area (Å²) in [6.07, 6.45) is 3.05. The van der Waals surface area contributed by atoms with Crippen LogP contribution in [0.3, 0.4) is 0 Å². The van der Waals surface area contributed by atoms with Crippen LogP contribution < -0.4 is 5.32 Å². The number of rotatable bonds is 5. The van der Waals surface area contributed by atoms with E-state index in [-0.39, 0.29) is 12.0 Å². The predicted molar refractivity (Wildman–Crippen MR) is 54.6 cm³/mol. The zero-order valence-corrected chi connectivity index (χ0v) is 8.77. The van der Waals surface area contributed by atoms with Gasteiger partial charge in [-0.2, -0.15) is 5.10 Å². The Hall–Kier alpha value is -1.36. The molecule has 5 heteroatoms. The zero-order chi connectivity index (χ0) is 10.7. The van der Waals surface area contributed by atoms with Crippen molar-refractivity contribution in [2.45, 2.75) is 26.0 Å². The number of amides is 1. The van der Waals surface area contributed by atoms with Gasteiger partial charge in [0.05, 0.1) is 12.7 Å². The van der Waals surface area contributed by atoms with Gasteiger partial charge in [-0.15, -0.1) is 0 Å². The molecule has 1 aromatic rings. The van der Waals surface area contributed by atoms with Crippen LogP contribution >= 0.6 is 0 Å². The first kappa shape index (κ1) is 10.2. The molecule has 1 aliphatic rings. The second kappa shape index (κ2) is 4.44. The Balaban J connectivity index is 1.86. The maximum atomic E-state index is 11.6. The van der Waals surface area contributed by atoms with E-state index in [1.54, 1.807) is 10.7 Å². The van der Waals surface area contributed by atoms with Gasteiger partial charge in [-0.3, -0.25) is 9.48 Å². The predicted octanol–water partition coefficient (Wildman–Crippen LogP) is 0.422. The molecule has 0 aliphatic carbocycles. The number of carbonyl (C=O) groups is 1. The molecule has 0 radical (unpaired) electrons. The standard InChI is InChI=1S/C10H15N3O2/c1-2-4-13-5-3-9(12-13)10(14)11-6-8-7-15-8/h3,5,8H,2,4,6-7H2,1H3,(H,11,14). The van der Waals surface area contributed by atoms with Gasteiger partial charge in [0.1, 0.15) is 5.69 Å². The van der Waals surface area contributed by atoms with Crippen molar-refractivity contribution in [3.05, 3.63) is 18.0 Å². The number of nitrogens with zero attached hydrogens (tertiary/aromatic N) is 2. The second-order valence-corrected chi connectivity index (χ2v) is 3.63. The summed E-state index contributed by atoms with van der Waals surface area (Å²) in [5.41, 5.74) is 0.476. The number of ether oxygens (including phenoxy) is 1. The van der Waals surface area contributed by atoms with E-state index in [2.05, 4.69) is 17.3 Å². The molecule has 1 aromatic heterocycles. The van der Waals surface area contributed by atoms with Gasteiger partial charge in [0.2, 0.25) is 0 Å². The van der Waals surface area contributed by atoms with Crippen molar-refractivity contribution in [3.8, 4) is 0 Å². The first-order chi connectivity index (χ1) is 7.29. The van der Waals surface area contributed by atoms with Crippen LogP contribution in [0.1, 0.15) is 23.8 Å². The largest absolute Gasteiger partial charge is 0.371 e. The van der Waals surface area contributed by atoms with E-state index in [1.165, 1.54) is 0 Å². The van der Waals surface area contributed by atoms with Gasteiger partial charge in [0, 0.05) is 19.3 Å². The SMILES string of the molecule is CCCn1ccc(C(=O)NCC2CO2)n1. The first-order valence-corrected chi connectivity index (χ1v) is 5.23. The van der Waals surface area contributed by atoms with Crippen molar-refractivity contribution < 1.29 is 9.53 Å². The summed E-state index contributed by atoms with van der Waals surface area (Å²) >= 11 is 0. The van der Waals surface area contributed by atoms with Gasteiger partial charge >= 0.3 is 0 Å². The van der Waals surface area contributed by atoms with Crippen LogP contribution in [0.15, 0.2) is 12.3 Å². The molecule has 0 spiro atoms. The number of aromatic nitrogens is 2. The summed E-state index contributed by atoms with van der Waals surface area (Å²) in [7, 11) is 0. The average molecular weight is 209 g/mol. The lowest BCUT2D eigenvalue weighted by Gasteiger charge is -1.99. The number of hydrogen-bond acceptors (Lipinski definition) is 3. The molecule has 1 N–H and O–H groups in total. The maximum Gasteiger partial charge on any atom is 0.271 e. The normalized spacial score (nSPS) is 18.9. The van der Waals surface area contributed by atoms with Gasteiger partial charge in [-0.05, 0) is 12.5 Å².